The highest BCUT2D eigenvalue weighted by atomic mass is 16.4. The van der Waals surface area contributed by atoms with Gasteiger partial charge in [-0.3, -0.25) is 14.4 Å². The molecule has 25 heavy (non-hydrogen) atoms. The number of amides is 2. The monoisotopic (exact) mass is 344 g/mol. The van der Waals surface area contributed by atoms with Crippen molar-refractivity contribution < 1.29 is 19.5 Å². The van der Waals surface area contributed by atoms with E-state index in [9.17, 15) is 19.5 Å². The second-order valence-electron chi connectivity index (χ2n) is 7.10. The van der Waals surface area contributed by atoms with Gasteiger partial charge in [0.05, 0.1) is 11.8 Å². The van der Waals surface area contributed by atoms with Crippen molar-refractivity contribution in [1.82, 2.24) is 4.90 Å². The maximum Gasteiger partial charge on any atom is 0.308 e. The first-order valence-corrected chi connectivity index (χ1v) is 8.79. The molecule has 0 saturated carbocycles. The number of benzene rings is 1. The molecule has 0 spiro atoms. The molecule has 2 saturated heterocycles. The number of piperidine rings is 1. The summed E-state index contributed by atoms with van der Waals surface area (Å²) >= 11 is 0. The number of carboxylic acid groups (broad SMARTS) is 1. The number of carbonyl (C=O) groups is 3. The molecule has 1 N–H and O–H groups in total. The Bertz CT molecular complexity index is 685. The number of aryl methyl sites for hydroxylation is 1. The van der Waals surface area contributed by atoms with Crippen LogP contribution in [0, 0.1) is 18.8 Å². The lowest BCUT2D eigenvalue weighted by Crippen LogP contribution is -2.51. The molecular formula is C19H24N2O4. The summed E-state index contributed by atoms with van der Waals surface area (Å²) in [5, 5.41) is 9.33. The van der Waals surface area contributed by atoms with Crippen LogP contribution in [0.5, 0.6) is 0 Å². The highest BCUT2D eigenvalue weighted by Crippen LogP contribution is 2.30. The van der Waals surface area contributed by atoms with E-state index < -0.39 is 17.8 Å². The fourth-order valence-electron chi connectivity index (χ4n) is 3.87. The average molecular weight is 344 g/mol. The summed E-state index contributed by atoms with van der Waals surface area (Å²) in [5.41, 5.74) is 1.92. The van der Waals surface area contributed by atoms with Gasteiger partial charge in [0.25, 0.3) is 0 Å². The zero-order valence-electron chi connectivity index (χ0n) is 14.6. The number of aliphatic carboxylic acids is 1. The van der Waals surface area contributed by atoms with Crippen LogP contribution in [-0.2, 0) is 14.4 Å². The second-order valence-corrected chi connectivity index (χ2v) is 7.10. The van der Waals surface area contributed by atoms with Gasteiger partial charge in [0.15, 0.2) is 0 Å². The molecule has 2 heterocycles. The topological polar surface area (TPSA) is 77.9 Å². The van der Waals surface area contributed by atoms with Crippen LogP contribution in [0.1, 0.15) is 31.7 Å². The first kappa shape index (κ1) is 17.5. The maximum absolute atomic E-state index is 12.9. The normalized spacial score (nSPS) is 26.8. The van der Waals surface area contributed by atoms with Crippen LogP contribution in [0.3, 0.4) is 0 Å². The smallest absolute Gasteiger partial charge is 0.308 e. The van der Waals surface area contributed by atoms with Gasteiger partial charge in [-0.15, -0.1) is 0 Å². The zero-order chi connectivity index (χ0) is 18.1. The molecule has 0 bridgehead atoms. The van der Waals surface area contributed by atoms with Crippen LogP contribution in [0.4, 0.5) is 5.69 Å². The number of carbonyl (C=O) groups excluding carboxylic acids is 2. The summed E-state index contributed by atoms with van der Waals surface area (Å²) in [6.45, 7) is 4.71. The predicted octanol–water partition coefficient (Wildman–Crippen LogP) is 2.06. The minimum atomic E-state index is -0.853. The van der Waals surface area contributed by atoms with Gasteiger partial charge in [0.1, 0.15) is 0 Å². The first-order valence-electron chi connectivity index (χ1n) is 8.79. The van der Waals surface area contributed by atoms with Crippen molar-refractivity contribution in [2.45, 2.75) is 39.2 Å². The molecule has 0 aromatic heterocycles. The number of carboxylic acids is 1. The third-order valence-corrected chi connectivity index (χ3v) is 5.41. The highest BCUT2D eigenvalue weighted by molar-refractivity contribution is 6.00. The highest BCUT2D eigenvalue weighted by Gasteiger charge is 2.41. The van der Waals surface area contributed by atoms with Gasteiger partial charge in [-0.05, 0) is 38.8 Å². The van der Waals surface area contributed by atoms with Gasteiger partial charge in [-0.2, -0.15) is 0 Å². The lowest BCUT2D eigenvalue weighted by Gasteiger charge is -2.38. The van der Waals surface area contributed by atoms with E-state index in [1.165, 1.54) is 0 Å². The standard InChI is InChI=1S/C19H24N2O4/c1-12-5-7-15(8-6-12)21-11-14(10-17(21)22)18(23)20-9-3-4-16(13(20)2)19(24)25/h5-8,13-14,16H,3-4,9-11H2,1-2H3,(H,24,25)/t13-,14?,16-/m1/s1. The minimum Gasteiger partial charge on any atom is -0.481 e. The molecule has 6 heteroatoms. The molecule has 2 fully saturated rings. The molecule has 2 amide bonds. The van der Waals surface area contributed by atoms with E-state index in [0.29, 0.717) is 25.9 Å². The Morgan fingerprint density at radius 1 is 1.20 bits per heavy atom. The van der Waals surface area contributed by atoms with Gasteiger partial charge < -0.3 is 14.9 Å². The third kappa shape index (κ3) is 3.38. The molecular weight excluding hydrogens is 320 g/mol. The Balaban J connectivity index is 1.72. The maximum atomic E-state index is 12.9. The van der Waals surface area contributed by atoms with Crippen LogP contribution < -0.4 is 4.90 Å². The van der Waals surface area contributed by atoms with E-state index >= 15 is 0 Å². The number of likely N-dealkylation sites (tertiary alicyclic amines) is 1. The van der Waals surface area contributed by atoms with Crippen molar-refractivity contribution in [2.75, 3.05) is 18.0 Å². The van der Waals surface area contributed by atoms with Gasteiger partial charge in [0.2, 0.25) is 11.8 Å². The third-order valence-electron chi connectivity index (χ3n) is 5.41. The van der Waals surface area contributed by atoms with Gasteiger partial charge in [-0.1, -0.05) is 17.7 Å². The molecule has 1 unspecified atom stereocenters. The summed E-state index contributed by atoms with van der Waals surface area (Å²) in [5.74, 6) is -1.93. The Morgan fingerprint density at radius 3 is 2.52 bits per heavy atom. The van der Waals surface area contributed by atoms with Crippen molar-refractivity contribution in [1.29, 1.82) is 0 Å². The Morgan fingerprint density at radius 2 is 1.88 bits per heavy atom. The van der Waals surface area contributed by atoms with Gasteiger partial charge >= 0.3 is 5.97 Å². The summed E-state index contributed by atoms with van der Waals surface area (Å²) in [6, 6.07) is 7.35. The molecule has 1 aromatic carbocycles. The summed E-state index contributed by atoms with van der Waals surface area (Å²) < 4.78 is 0. The second kappa shape index (κ2) is 6.86. The Kier molecular flexibility index (Phi) is 4.79. The fourth-order valence-corrected chi connectivity index (χ4v) is 3.87. The Hall–Kier alpha value is -2.37. The van der Waals surface area contributed by atoms with Crippen molar-refractivity contribution >= 4 is 23.5 Å². The van der Waals surface area contributed by atoms with Crippen molar-refractivity contribution in [3.8, 4) is 0 Å². The number of nitrogens with zero attached hydrogens (tertiary/aromatic N) is 2. The van der Waals surface area contributed by atoms with E-state index in [-0.39, 0.29) is 24.3 Å². The molecule has 0 radical (unpaired) electrons. The summed E-state index contributed by atoms with van der Waals surface area (Å²) in [6.07, 6.45) is 1.47. The fraction of sp³-hybridized carbons (Fsp3) is 0.526. The quantitative estimate of drug-likeness (QED) is 0.910. The molecule has 3 rings (SSSR count). The minimum absolute atomic E-state index is 0.0540. The summed E-state index contributed by atoms with van der Waals surface area (Å²) in [4.78, 5) is 40.0. The van der Waals surface area contributed by atoms with E-state index in [4.69, 9.17) is 0 Å². The van der Waals surface area contributed by atoms with Gasteiger partial charge in [0, 0.05) is 31.2 Å². The van der Waals surface area contributed by atoms with Crippen LogP contribution in [-0.4, -0.2) is 46.9 Å². The van der Waals surface area contributed by atoms with Crippen LogP contribution in [0.15, 0.2) is 24.3 Å². The van der Waals surface area contributed by atoms with E-state index in [1.54, 1.807) is 16.7 Å². The van der Waals surface area contributed by atoms with E-state index in [1.807, 2.05) is 31.2 Å². The van der Waals surface area contributed by atoms with Crippen LogP contribution >= 0.6 is 0 Å². The number of anilines is 1. The van der Waals surface area contributed by atoms with Crippen molar-refractivity contribution in [3.63, 3.8) is 0 Å². The number of rotatable bonds is 3. The summed E-state index contributed by atoms with van der Waals surface area (Å²) in [7, 11) is 0. The molecule has 0 aliphatic carbocycles. The number of hydrogen-bond acceptors (Lipinski definition) is 3. The first-order chi connectivity index (χ1) is 11.9. The van der Waals surface area contributed by atoms with Crippen LogP contribution in [0.2, 0.25) is 0 Å². The zero-order valence-corrected chi connectivity index (χ0v) is 14.6. The van der Waals surface area contributed by atoms with Crippen LogP contribution in [0.25, 0.3) is 0 Å². The van der Waals surface area contributed by atoms with Crippen molar-refractivity contribution in [3.05, 3.63) is 29.8 Å². The molecule has 1 aromatic rings. The SMILES string of the molecule is Cc1ccc(N2CC(C(=O)N3CCC[C@@H](C(=O)O)[C@H]3C)CC2=O)cc1. The van der Waals surface area contributed by atoms with Gasteiger partial charge in [-0.25, -0.2) is 0 Å². The lowest BCUT2D eigenvalue weighted by atomic mass is 9.89. The largest absolute Gasteiger partial charge is 0.481 e. The molecule has 134 valence electrons. The number of hydrogen-bond donors (Lipinski definition) is 1. The van der Waals surface area contributed by atoms with E-state index in [2.05, 4.69) is 0 Å². The molecule has 2 aliphatic rings. The molecule has 6 nitrogen and oxygen atoms in total. The Labute approximate surface area is 147 Å². The van der Waals surface area contributed by atoms with E-state index in [0.717, 1.165) is 11.3 Å². The lowest BCUT2D eigenvalue weighted by molar-refractivity contribution is -0.150. The molecule has 3 atom stereocenters. The average Bonchev–Trinajstić information content (AvgIpc) is 2.97. The van der Waals surface area contributed by atoms with Crippen molar-refractivity contribution in [2.24, 2.45) is 11.8 Å². The molecule has 2 aliphatic heterocycles. The predicted molar refractivity (Wildman–Crippen MR) is 93.2 cm³/mol.